The van der Waals surface area contributed by atoms with E-state index in [1.54, 1.807) is 14.2 Å². The molecule has 5 heteroatoms. The SMILES string of the molecule is CCCNC(c1c(OC)cccc1OC)C1COCCO1. The van der Waals surface area contributed by atoms with Gasteiger partial charge >= 0.3 is 0 Å². The number of hydrogen-bond donors (Lipinski definition) is 1. The van der Waals surface area contributed by atoms with Crippen molar-refractivity contribution in [3.05, 3.63) is 23.8 Å². The Morgan fingerprint density at radius 2 is 1.95 bits per heavy atom. The van der Waals surface area contributed by atoms with E-state index in [1.165, 1.54) is 0 Å². The fourth-order valence-electron chi connectivity index (χ4n) is 2.60. The van der Waals surface area contributed by atoms with Crippen LogP contribution in [0.1, 0.15) is 24.9 Å². The highest BCUT2D eigenvalue weighted by Crippen LogP contribution is 2.36. The Bertz CT molecular complexity index is 410. The Labute approximate surface area is 126 Å². The van der Waals surface area contributed by atoms with Crippen molar-refractivity contribution in [1.82, 2.24) is 5.32 Å². The van der Waals surface area contributed by atoms with Crippen molar-refractivity contribution < 1.29 is 18.9 Å². The predicted octanol–water partition coefficient (Wildman–Crippen LogP) is 2.16. The molecule has 0 aliphatic carbocycles. The summed E-state index contributed by atoms with van der Waals surface area (Å²) in [6.07, 6.45) is 0.997. The molecule has 0 saturated carbocycles. The average Bonchev–Trinajstić information content (AvgIpc) is 2.56. The lowest BCUT2D eigenvalue weighted by molar-refractivity contribution is -0.102. The van der Waals surface area contributed by atoms with Gasteiger partial charge in [0.2, 0.25) is 0 Å². The Morgan fingerprint density at radius 3 is 2.48 bits per heavy atom. The second kappa shape index (κ2) is 8.22. The third-order valence-electron chi connectivity index (χ3n) is 3.60. The fourth-order valence-corrected chi connectivity index (χ4v) is 2.60. The first-order valence-corrected chi connectivity index (χ1v) is 7.45. The van der Waals surface area contributed by atoms with Gasteiger partial charge in [-0.15, -0.1) is 0 Å². The maximum absolute atomic E-state index is 5.89. The van der Waals surface area contributed by atoms with Crippen LogP contribution in [0.15, 0.2) is 18.2 Å². The number of methoxy groups -OCH3 is 2. The van der Waals surface area contributed by atoms with Gasteiger partial charge in [0.05, 0.1) is 45.6 Å². The highest BCUT2D eigenvalue weighted by molar-refractivity contribution is 5.47. The molecule has 1 fully saturated rings. The van der Waals surface area contributed by atoms with Crippen molar-refractivity contribution in [2.75, 3.05) is 40.6 Å². The number of ether oxygens (including phenoxy) is 4. The van der Waals surface area contributed by atoms with Crippen molar-refractivity contribution in [1.29, 1.82) is 0 Å². The van der Waals surface area contributed by atoms with Crippen molar-refractivity contribution in [3.8, 4) is 11.5 Å². The van der Waals surface area contributed by atoms with Crippen LogP contribution < -0.4 is 14.8 Å². The summed E-state index contributed by atoms with van der Waals surface area (Å²) in [5.41, 5.74) is 0.992. The summed E-state index contributed by atoms with van der Waals surface area (Å²) in [5.74, 6) is 1.61. The molecule has 0 aromatic heterocycles. The second-order valence-corrected chi connectivity index (χ2v) is 4.99. The molecule has 1 N–H and O–H groups in total. The third kappa shape index (κ3) is 3.87. The highest BCUT2D eigenvalue weighted by Gasteiger charge is 2.30. The van der Waals surface area contributed by atoms with E-state index in [1.807, 2.05) is 18.2 Å². The summed E-state index contributed by atoms with van der Waals surface area (Å²) in [4.78, 5) is 0. The molecule has 21 heavy (non-hydrogen) atoms. The van der Waals surface area contributed by atoms with Crippen LogP contribution in [-0.4, -0.2) is 46.7 Å². The summed E-state index contributed by atoms with van der Waals surface area (Å²) in [6, 6.07) is 5.80. The molecule has 118 valence electrons. The Hall–Kier alpha value is -1.30. The lowest BCUT2D eigenvalue weighted by Gasteiger charge is -2.33. The Morgan fingerprint density at radius 1 is 1.24 bits per heavy atom. The molecule has 2 rings (SSSR count). The van der Waals surface area contributed by atoms with E-state index in [0.717, 1.165) is 30.0 Å². The first-order valence-electron chi connectivity index (χ1n) is 7.45. The molecule has 1 aliphatic rings. The zero-order chi connectivity index (χ0) is 15.1. The fraction of sp³-hybridized carbons (Fsp3) is 0.625. The lowest BCUT2D eigenvalue weighted by atomic mass is 9.98. The van der Waals surface area contributed by atoms with Crippen molar-refractivity contribution in [2.45, 2.75) is 25.5 Å². The normalized spacial score (nSPS) is 20.0. The Kier molecular flexibility index (Phi) is 6.29. The first kappa shape index (κ1) is 16.1. The van der Waals surface area contributed by atoms with Gasteiger partial charge < -0.3 is 24.3 Å². The van der Waals surface area contributed by atoms with Crippen LogP contribution in [0.5, 0.6) is 11.5 Å². The zero-order valence-corrected chi connectivity index (χ0v) is 13.1. The van der Waals surface area contributed by atoms with Gasteiger partial charge in [-0.3, -0.25) is 0 Å². The van der Waals surface area contributed by atoms with Gasteiger partial charge in [-0.05, 0) is 25.1 Å². The summed E-state index contributed by atoms with van der Waals surface area (Å²) in [7, 11) is 3.35. The maximum atomic E-state index is 5.89. The first-order chi connectivity index (χ1) is 10.3. The quantitative estimate of drug-likeness (QED) is 0.835. The van der Waals surface area contributed by atoms with E-state index in [4.69, 9.17) is 18.9 Å². The smallest absolute Gasteiger partial charge is 0.127 e. The summed E-state index contributed by atoms with van der Waals surface area (Å²) in [6.45, 7) is 4.88. The van der Waals surface area contributed by atoms with Gasteiger partial charge in [-0.2, -0.15) is 0 Å². The van der Waals surface area contributed by atoms with Crippen molar-refractivity contribution >= 4 is 0 Å². The van der Waals surface area contributed by atoms with Crippen LogP contribution in [0.4, 0.5) is 0 Å². The number of rotatable bonds is 7. The summed E-state index contributed by atoms with van der Waals surface area (Å²) in [5, 5.41) is 3.54. The highest BCUT2D eigenvalue weighted by atomic mass is 16.6. The van der Waals surface area contributed by atoms with E-state index >= 15 is 0 Å². The summed E-state index contributed by atoms with van der Waals surface area (Å²) >= 11 is 0. The molecule has 1 heterocycles. The number of hydrogen-bond acceptors (Lipinski definition) is 5. The molecular formula is C16H25NO4. The van der Waals surface area contributed by atoms with Crippen LogP contribution >= 0.6 is 0 Å². The van der Waals surface area contributed by atoms with E-state index in [-0.39, 0.29) is 12.1 Å². The molecule has 0 spiro atoms. The molecule has 1 aromatic carbocycles. The minimum absolute atomic E-state index is 0.0173. The molecule has 0 amide bonds. The second-order valence-electron chi connectivity index (χ2n) is 4.99. The number of benzene rings is 1. The van der Waals surface area contributed by atoms with Gasteiger partial charge in [0, 0.05) is 0 Å². The zero-order valence-electron chi connectivity index (χ0n) is 13.1. The van der Waals surface area contributed by atoms with Gasteiger partial charge in [0.1, 0.15) is 17.6 Å². The van der Waals surface area contributed by atoms with Crippen LogP contribution in [0.2, 0.25) is 0 Å². The predicted molar refractivity (Wildman–Crippen MR) is 81.1 cm³/mol. The van der Waals surface area contributed by atoms with Gasteiger partial charge in [0.15, 0.2) is 0 Å². The van der Waals surface area contributed by atoms with Gasteiger partial charge in [-0.25, -0.2) is 0 Å². The van der Waals surface area contributed by atoms with Crippen molar-refractivity contribution in [3.63, 3.8) is 0 Å². The van der Waals surface area contributed by atoms with Gasteiger partial charge in [-0.1, -0.05) is 13.0 Å². The standard InChI is InChI=1S/C16H25NO4/c1-4-8-17-16(14-11-20-9-10-21-14)15-12(18-2)6-5-7-13(15)19-3/h5-7,14,16-17H,4,8-11H2,1-3H3. The minimum Gasteiger partial charge on any atom is -0.496 e. The van der Waals surface area contributed by atoms with Crippen LogP contribution in [0, 0.1) is 0 Å². The molecular weight excluding hydrogens is 270 g/mol. The number of nitrogens with one attached hydrogen (secondary N) is 1. The molecule has 2 atom stereocenters. The van der Waals surface area contributed by atoms with Crippen LogP contribution in [0.3, 0.4) is 0 Å². The Balaban J connectivity index is 2.34. The molecule has 1 aromatic rings. The van der Waals surface area contributed by atoms with Crippen molar-refractivity contribution in [2.24, 2.45) is 0 Å². The summed E-state index contributed by atoms with van der Waals surface area (Å²) < 4.78 is 22.5. The van der Waals surface area contributed by atoms with Crippen LogP contribution in [-0.2, 0) is 9.47 Å². The van der Waals surface area contributed by atoms with E-state index < -0.39 is 0 Å². The minimum atomic E-state index is -0.0458. The average molecular weight is 295 g/mol. The van der Waals surface area contributed by atoms with E-state index in [9.17, 15) is 0 Å². The molecule has 5 nitrogen and oxygen atoms in total. The monoisotopic (exact) mass is 295 g/mol. The molecule has 0 bridgehead atoms. The van der Waals surface area contributed by atoms with E-state index in [2.05, 4.69) is 12.2 Å². The molecule has 2 unspecified atom stereocenters. The molecule has 1 saturated heterocycles. The third-order valence-corrected chi connectivity index (χ3v) is 3.60. The largest absolute Gasteiger partial charge is 0.496 e. The lowest BCUT2D eigenvalue weighted by Crippen LogP contribution is -2.41. The maximum Gasteiger partial charge on any atom is 0.127 e. The molecule has 0 radical (unpaired) electrons. The van der Waals surface area contributed by atoms with Crippen LogP contribution in [0.25, 0.3) is 0 Å². The molecule has 1 aliphatic heterocycles. The van der Waals surface area contributed by atoms with Gasteiger partial charge in [0.25, 0.3) is 0 Å². The topological polar surface area (TPSA) is 49.0 Å². The van der Waals surface area contributed by atoms with E-state index in [0.29, 0.717) is 19.8 Å².